The fraction of sp³-hybridized carbons (Fsp3) is 0.875. The van der Waals surface area contributed by atoms with Crippen molar-refractivity contribution in [2.75, 3.05) is 25.6 Å². The number of hydrogen-bond donors (Lipinski definition) is 0. The molecule has 0 unspecified atom stereocenters. The number of hydrogen-bond acceptors (Lipinski definition) is 7. The second-order valence-electron chi connectivity index (χ2n) is 4.10. The summed E-state index contributed by atoms with van der Waals surface area (Å²) < 4.78 is 53.6. The Morgan fingerprint density at radius 2 is 1.33 bits per heavy atom. The first kappa shape index (κ1) is 15.3. The molecule has 0 aliphatic carbocycles. The molecule has 106 valence electrons. The summed E-state index contributed by atoms with van der Waals surface area (Å²) in [6, 6.07) is 0. The average molecular weight is 301 g/mol. The zero-order valence-corrected chi connectivity index (χ0v) is 11.8. The lowest BCUT2D eigenvalue weighted by Gasteiger charge is -2.16. The van der Waals surface area contributed by atoms with E-state index in [0.717, 1.165) is 12.5 Å². The van der Waals surface area contributed by atoms with Gasteiger partial charge in [-0.1, -0.05) is 0 Å². The monoisotopic (exact) mass is 301 g/mol. The Hall–Kier alpha value is -0.710. The van der Waals surface area contributed by atoms with E-state index >= 15 is 0 Å². The SMILES string of the molecule is CC(=O)N1C[C@H](OS(C)(=O)=O)[C@H](OS(C)(=O)=O)C1. The van der Waals surface area contributed by atoms with Crippen molar-refractivity contribution in [3.05, 3.63) is 0 Å². The van der Waals surface area contributed by atoms with Gasteiger partial charge in [0.15, 0.2) is 0 Å². The van der Waals surface area contributed by atoms with Crippen molar-refractivity contribution in [1.82, 2.24) is 4.90 Å². The van der Waals surface area contributed by atoms with Gasteiger partial charge < -0.3 is 4.90 Å². The van der Waals surface area contributed by atoms with Crippen LogP contribution in [-0.2, 0) is 33.4 Å². The lowest BCUT2D eigenvalue weighted by Crippen LogP contribution is -2.33. The van der Waals surface area contributed by atoms with Crippen molar-refractivity contribution in [1.29, 1.82) is 0 Å². The van der Waals surface area contributed by atoms with Crippen LogP contribution in [0.5, 0.6) is 0 Å². The van der Waals surface area contributed by atoms with E-state index in [1.807, 2.05) is 0 Å². The first-order valence-corrected chi connectivity index (χ1v) is 8.63. The molecule has 2 atom stereocenters. The number of carbonyl (C=O) groups excluding carboxylic acids is 1. The number of rotatable bonds is 4. The second-order valence-corrected chi connectivity index (χ2v) is 7.30. The van der Waals surface area contributed by atoms with Gasteiger partial charge in [0.25, 0.3) is 20.2 Å². The maximum atomic E-state index is 11.2. The van der Waals surface area contributed by atoms with E-state index in [4.69, 9.17) is 8.37 Å². The molecule has 0 aromatic heterocycles. The van der Waals surface area contributed by atoms with E-state index in [2.05, 4.69) is 0 Å². The van der Waals surface area contributed by atoms with E-state index in [0.29, 0.717) is 0 Å². The Kier molecular flexibility index (Phi) is 4.36. The quantitative estimate of drug-likeness (QED) is 0.584. The van der Waals surface area contributed by atoms with Gasteiger partial charge in [-0.25, -0.2) is 0 Å². The minimum Gasteiger partial charge on any atom is -0.337 e. The molecule has 10 heteroatoms. The van der Waals surface area contributed by atoms with Gasteiger partial charge >= 0.3 is 0 Å². The molecule has 1 saturated heterocycles. The topological polar surface area (TPSA) is 107 Å². The molecule has 1 heterocycles. The van der Waals surface area contributed by atoms with Crippen LogP contribution >= 0.6 is 0 Å². The van der Waals surface area contributed by atoms with Gasteiger partial charge in [0.05, 0.1) is 25.6 Å². The zero-order chi connectivity index (χ0) is 14.1. The predicted molar refractivity (Wildman–Crippen MR) is 61.7 cm³/mol. The maximum absolute atomic E-state index is 11.2. The summed E-state index contributed by atoms with van der Waals surface area (Å²) in [6.45, 7) is 1.24. The summed E-state index contributed by atoms with van der Waals surface area (Å²) in [5.74, 6) is -0.309. The first-order chi connectivity index (χ1) is 7.98. The fourth-order valence-corrected chi connectivity index (χ4v) is 2.90. The number of nitrogens with zero attached hydrogens (tertiary/aromatic N) is 1. The predicted octanol–water partition coefficient (Wildman–Crippen LogP) is -1.46. The number of likely N-dealkylation sites (tertiary alicyclic amines) is 1. The van der Waals surface area contributed by atoms with Crippen molar-refractivity contribution in [3.63, 3.8) is 0 Å². The third-order valence-corrected chi connectivity index (χ3v) is 3.45. The third-order valence-electron chi connectivity index (χ3n) is 2.26. The number of amides is 1. The lowest BCUT2D eigenvalue weighted by molar-refractivity contribution is -0.128. The fourth-order valence-electron chi connectivity index (χ4n) is 1.64. The second kappa shape index (κ2) is 5.11. The Morgan fingerprint density at radius 3 is 1.56 bits per heavy atom. The van der Waals surface area contributed by atoms with Crippen molar-refractivity contribution in [2.24, 2.45) is 0 Å². The highest BCUT2D eigenvalue weighted by Crippen LogP contribution is 2.20. The molecule has 0 bridgehead atoms. The van der Waals surface area contributed by atoms with E-state index in [-0.39, 0.29) is 19.0 Å². The van der Waals surface area contributed by atoms with Crippen molar-refractivity contribution >= 4 is 26.1 Å². The molecule has 1 rings (SSSR count). The van der Waals surface area contributed by atoms with Crippen LogP contribution in [0.3, 0.4) is 0 Å². The van der Waals surface area contributed by atoms with E-state index in [1.165, 1.54) is 11.8 Å². The van der Waals surface area contributed by atoms with Crippen LogP contribution < -0.4 is 0 Å². The zero-order valence-electron chi connectivity index (χ0n) is 10.2. The molecule has 18 heavy (non-hydrogen) atoms. The van der Waals surface area contributed by atoms with Crippen LogP contribution in [0.15, 0.2) is 0 Å². The minimum atomic E-state index is -3.76. The molecule has 0 spiro atoms. The van der Waals surface area contributed by atoms with Crippen molar-refractivity contribution in [3.8, 4) is 0 Å². The molecular weight excluding hydrogens is 286 g/mol. The van der Waals surface area contributed by atoms with Crippen LogP contribution in [0, 0.1) is 0 Å². The summed E-state index contributed by atoms with van der Waals surface area (Å²) >= 11 is 0. The summed E-state index contributed by atoms with van der Waals surface area (Å²) in [4.78, 5) is 12.5. The molecule has 8 nitrogen and oxygen atoms in total. The molecule has 1 aliphatic heterocycles. The summed E-state index contributed by atoms with van der Waals surface area (Å²) in [5, 5.41) is 0. The van der Waals surface area contributed by atoms with Crippen LogP contribution in [0.4, 0.5) is 0 Å². The molecule has 1 aliphatic rings. The average Bonchev–Trinajstić information content (AvgIpc) is 2.42. The van der Waals surface area contributed by atoms with Gasteiger partial charge in [-0.2, -0.15) is 16.8 Å². The Balaban J connectivity index is 2.86. The highest BCUT2D eigenvalue weighted by molar-refractivity contribution is 7.86. The largest absolute Gasteiger partial charge is 0.337 e. The Labute approximate surface area is 106 Å². The lowest BCUT2D eigenvalue weighted by atomic mass is 10.3. The standard InChI is InChI=1S/C8H15NO7S2/c1-6(10)9-4-7(15-17(2,11)12)8(5-9)16-18(3,13)14/h7-8H,4-5H2,1-3H3/t7-,8+. The Morgan fingerprint density at radius 1 is 1.00 bits per heavy atom. The van der Waals surface area contributed by atoms with Gasteiger partial charge in [0, 0.05) is 6.92 Å². The van der Waals surface area contributed by atoms with Crippen molar-refractivity contribution in [2.45, 2.75) is 19.1 Å². The van der Waals surface area contributed by atoms with E-state index in [9.17, 15) is 21.6 Å². The van der Waals surface area contributed by atoms with Crippen LogP contribution in [0.25, 0.3) is 0 Å². The Bertz CT molecular complexity index is 482. The third kappa shape index (κ3) is 4.88. The normalized spacial score (nSPS) is 25.4. The van der Waals surface area contributed by atoms with Gasteiger partial charge in [-0.3, -0.25) is 13.2 Å². The molecular formula is C8H15NO7S2. The summed E-state index contributed by atoms with van der Waals surface area (Å²) in [7, 11) is -7.52. The highest BCUT2D eigenvalue weighted by atomic mass is 32.2. The minimum absolute atomic E-state index is 0.0252. The maximum Gasteiger partial charge on any atom is 0.264 e. The van der Waals surface area contributed by atoms with Crippen LogP contribution in [0.2, 0.25) is 0 Å². The van der Waals surface area contributed by atoms with Gasteiger partial charge in [-0.15, -0.1) is 0 Å². The van der Waals surface area contributed by atoms with E-state index < -0.39 is 32.4 Å². The smallest absolute Gasteiger partial charge is 0.264 e. The van der Waals surface area contributed by atoms with Crippen LogP contribution in [-0.4, -0.2) is 65.5 Å². The molecule has 1 amide bonds. The molecule has 0 aromatic rings. The number of carbonyl (C=O) groups is 1. The molecule has 0 saturated carbocycles. The molecule has 0 radical (unpaired) electrons. The highest BCUT2D eigenvalue weighted by Gasteiger charge is 2.39. The first-order valence-electron chi connectivity index (χ1n) is 5.00. The van der Waals surface area contributed by atoms with E-state index in [1.54, 1.807) is 0 Å². The van der Waals surface area contributed by atoms with Gasteiger partial charge in [-0.05, 0) is 0 Å². The van der Waals surface area contributed by atoms with Gasteiger partial charge in [0.1, 0.15) is 12.2 Å². The van der Waals surface area contributed by atoms with Gasteiger partial charge in [0.2, 0.25) is 5.91 Å². The van der Waals surface area contributed by atoms with Crippen molar-refractivity contribution < 1.29 is 30.0 Å². The molecule has 1 fully saturated rings. The molecule has 0 aromatic carbocycles. The summed E-state index contributed by atoms with van der Waals surface area (Å²) in [6.07, 6.45) is -0.334. The molecule has 0 N–H and O–H groups in total. The van der Waals surface area contributed by atoms with Crippen LogP contribution in [0.1, 0.15) is 6.92 Å². The summed E-state index contributed by atoms with van der Waals surface area (Å²) in [5.41, 5.74) is 0.